The van der Waals surface area contributed by atoms with Crippen molar-refractivity contribution in [2.75, 3.05) is 111 Å². The first-order valence-electron chi connectivity index (χ1n) is 46.4. The third kappa shape index (κ3) is 23.0. The van der Waals surface area contributed by atoms with Crippen molar-refractivity contribution in [1.29, 1.82) is 0 Å². The lowest BCUT2D eigenvalue weighted by Gasteiger charge is -2.13. The Hall–Kier alpha value is -20.2. The third-order valence-electron chi connectivity index (χ3n) is 23.2. The minimum absolute atomic E-state index is 0.0548. The molecule has 27 rings (SSSR count). The first kappa shape index (κ1) is 94.7. The number of carbonyl (C=O) groups excluding carboxylic acids is 5. The van der Waals surface area contributed by atoms with Crippen LogP contribution in [-0.4, -0.2) is 129 Å². The molecule has 150 heavy (non-hydrogen) atoms. The molecule has 0 saturated carbocycles. The van der Waals surface area contributed by atoms with Gasteiger partial charge in [-0.25, -0.2) is 0 Å². The van der Waals surface area contributed by atoms with Crippen LogP contribution in [0.15, 0.2) is 285 Å². The molecule has 1 aromatic heterocycles. The summed E-state index contributed by atoms with van der Waals surface area (Å²) in [6.07, 6.45) is 0.701. The first-order valence-corrected chi connectivity index (χ1v) is 46.4. The Morgan fingerprint density at radius 2 is 0.533 bits per heavy atom. The Labute approximate surface area is 851 Å². The largest absolute Gasteiger partial charge is 0.484 e. The van der Waals surface area contributed by atoms with E-state index in [2.05, 4.69) is 31.6 Å². The van der Waals surface area contributed by atoms with Crippen LogP contribution >= 0.6 is 0 Å². The van der Waals surface area contributed by atoms with Crippen LogP contribution in [-0.2, 0) is 17.8 Å². The number of nitrogens with one attached hydrogen (secondary N) is 5. The highest BCUT2D eigenvalue weighted by atomic mass is 16.7. The second-order valence-electron chi connectivity index (χ2n) is 33.0. The predicted molar refractivity (Wildman–Crippen MR) is 525 cm³/mol. The molecule has 0 radical (unpaired) electrons. The van der Waals surface area contributed by atoms with Crippen molar-refractivity contribution in [2.45, 2.75) is 13.0 Å². The average Bonchev–Trinajstić information content (AvgIpc) is 1.40. The van der Waals surface area contributed by atoms with E-state index in [0.29, 0.717) is 232 Å². The molecule has 0 saturated heterocycles. The Kier molecular flexibility index (Phi) is 27.7. The van der Waals surface area contributed by atoms with E-state index >= 15 is 0 Å². The summed E-state index contributed by atoms with van der Waals surface area (Å²) in [4.78, 5) is 65.8. The summed E-state index contributed by atoms with van der Waals surface area (Å²) in [6.45, 7) is 3.33. The molecule has 0 unspecified atom stereocenters. The Balaban J connectivity index is 0.000000102. The summed E-state index contributed by atoms with van der Waals surface area (Å²) in [6, 6.07) is 83.1. The van der Waals surface area contributed by atoms with Crippen molar-refractivity contribution < 1.29 is 161 Å². The predicted octanol–water partition coefficient (Wildman–Crippen LogP) is 18.9. The molecular weight excluding hydrogens is 1950 g/mol. The van der Waals surface area contributed by atoms with Gasteiger partial charge in [0, 0.05) is 95.2 Å². The molecule has 758 valence electrons. The number of aromatic nitrogens is 1. The van der Waals surface area contributed by atoms with Gasteiger partial charge in [0.25, 0.3) is 29.5 Å². The summed E-state index contributed by atoms with van der Waals surface area (Å²) in [5.41, 5.74) is 5.83. The number of benzene rings is 14. The highest BCUT2D eigenvalue weighted by molar-refractivity contribution is 6.07. The van der Waals surface area contributed by atoms with Crippen LogP contribution in [0.3, 0.4) is 0 Å². The van der Waals surface area contributed by atoms with Crippen LogP contribution in [0.25, 0.3) is 0 Å². The molecule has 40 heteroatoms. The third-order valence-corrected chi connectivity index (χ3v) is 23.2. The molecule has 0 bridgehead atoms. The topological polar surface area (TPSA) is 426 Å². The van der Waals surface area contributed by atoms with Crippen LogP contribution in [0.1, 0.15) is 52.6 Å². The highest BCUT2D eigenvalue weighted by Gasteiger charge is 2.28. The molecule has 5 amide bonds. The second-order valence-corrected chi connectivity index (χ2v) is 33.0. The fourth-order valence-electron chi connectivity index (χ4n) is 15.7. The second kappa shape index (κ2) is 43.9. The van der Waals surface area contributed by atoms with Crippen LogP contribution in [0, 0.1) is 0 Å². The minimum atomic E-state index is -0.278. The van der Waals surface area contributed by atoms with E-state index in [-0.39, 0.29) is 118 Å². The van der Waals surface area contributed by atoms with E-state index in [9.17, 15) is 24.0 Å². The molecule has 0 aliphatic carbocycles. The molecule has 12 aliphatic rings. The normalized spacial score (nSPS) is 13.6. The van der Waals surface area contributed by atoms with Crippen molar-refractivity contribution >= 4 is 46.6 Å². The van der Waals surface area contributed by atoms with Gasteiger partial charge in [0.15, 0.2) is 150 Å². The van der Waals surface area contributed by atoms with Gasteiger partial charge in [0.1, 0.15) is 34.5 Å². The van der Waals surface area contributed by atoms with Crippen LogP contribution < -0.4 is 164 Å². The van der Waals surface area contributed by atoms with Crippen molar-refractivity contribution in [3.05, 3.63) is 318 Å². The zero-order valence-electron chi connectivity index (χ0n) is 78.8. The first-order chi connectivity index (χ1) is 73.7. The van der Waals surface area contributed by atoms with Crippen molar-refractivity contribution in [2.24, 2.45) is 0 Å². The summed E-state index contributed by atoms with van der Waals surface area (Å²) in [7, 11) is 0. The maximum absolute atomic E-state index is 12.7. The average molecular weight is 2030 g/mol. The number of para-hydroxylation sites is 2. The molecular formula is C110H84N6O34. The lowest BCUT2D eigenvalue weighted by Crippen LogP contribution is -2.30. The van der Waals surface area contributed by atoms with Gasteiger partial charge in [-0.3, -0.25) is 24.0 Å². The van der Waals surface area contributed by atoms with E-state index in [1.807, 2.05) is 54.6 Å². The van der Waals surface area contributed by atoms with Gasteiger partial charge < -0.3 is 164 Å². The number of anilines is 3. The van der Waals surface area contributed by atoms with Gasteiger partial charge in [-0.2, -0.15) is 4.98 Å². The van der Waals surface area contributed by atoms with Crippen LogP contribution in [0.5, 0.6) is 190 Å². The number of hydrogen-bond acceptors (Lipinski definition) is 35. The fraction of sp³-hybridized carbons (Fsp3) is 0.145. The molecule has 15 aromatic rings. The number of rotatable bonds is 23. The maximum Gasteiger partial charge on any atom is 0.257 e. The minimum Gasteiger partial charge on any atom is -0.484 e. The highest BCUT2D eigenvalue weighted by Crippen LogP contribution is 2.46. The van der Waals surface area contributed by atoms with Gasteiger partial charge in [-0.15, -0.1) is 0 Å². The van der Waals surface area contributed by atoms with E-state index in [1.165, 1.54) is 0 Å². The zero-order valence-corrected chi connectivity index (χ0v) is 78.8. The smallest absolute Gasteiger partial charge is 0.257 e. The molecule has 0 atom stereocenters. The molecule has 5 N–H and O–H groups in total. The maximum atomic E-state index is 12.7. The SMILES string of the molecule is O=C(COc1ccc2c(c1)OCO2)NCCc1ccc2c(c1)OCO2.O=C(NCc1ccc2c(c1)OCO2)c1ccc2c(c1)OCO2.O=C(Nc1ccc(Oc2ccc3c(c2)OCO3)cc1)c1ccc2c(c1)OCO2.O=C(Nc1ccc2c(c1)OCO2)c1ccc2c(c1)OCO2.O=C(Nc1ccccc1Oc1ccc2c(c1)OCO2)c1ccc2c(c1)OCO2.c1cc(Oc2ccc3c(c2)OCO3)nc(Oc2ccc3c(c2)OCO3)c1. The Bertz CT molecular complexity index is 7550. The number of amides is 5. The zero-order chi connectivity index (χ0) is 101. The van der Waals surface area contributed by atoms with E-state index in [0.717, 1.165) is 28.4 Å². The lowest BCUT2D eigenvalue weighted by atomic mass is 10.1. The summed E-state index contributed by atoms with van der Waals surface area (Å²) in [5, 5.41) is 14.2. The number of carbonyl (C=O) groups is 5. The molecule has 0 fully saturated rings. The summed E-state index contributed by atoms with van der Waals surface area (Å²) in [5.74, 6) is 19.6. The molecule has 12 aliphatic heterocycles. The number of ether oxygens (including phenoxy) is 29. The van der Waals surface area contributed by atoms with Gasteiger partial charge >= 0.3 is 0 Å². The van der Waals surface area contributed by atoms with E-state index in [4.69, 9.17) is 137 Å². The van der Waals surface area contributed by atoms with Gasteiger partial charge in [-0.1, -0.05) is 30.3 Å². The van der Waals surface area contributed by atoms with Gasteiger partial charge in [-0.05, 0) is 224 Å². The van der Waals surface area contributed by atoms with Gasteiger partial charge in [0.2, 0.25) is 93.3 Å². The van der Waals surface area contributed by atoms with Crippen LogP contribution in [0.4, 0.5) is 17.1 Å². The number of pyridine rings is 1. The lowest BCUT2D eigenvalue weighted by molar-refractivity contribution is -0.123. The molecule has 14 aromatic carbocycles. The van der Waals surface area contributed by atoms with Gasteiger partial charge in [0.05, 0.1) is 5.69 Å². The van der Waals surface area contributed by atoms with E-state index in [1.54, 1.807) is 231 Å². The standard InChI is InChI=1S/2C21H15NO6.C19H13NO6.C18H17NO6.C16H13NO5.C15H11NO5/c23-21(13-1-7-17-19(9-13)26-11-24-17)22-14-2-4-15(5-3-14)28-16-6-8-18-20(10-16)27-12-25-18;23-21(13-5-7-17-19(9-13)26-11-24-17)22-15-3-1-2-4-16(15)28-14-6-8-18-20(10-14)27-12-25-18;1-2-18(25-12-4-6-14-16(8-12)23-10-21-14)20-19(3-1)26-13-5-7-15-17(9-13)24-11-22-15;20-18(9-21-13-2-4-15-17(8-13)25-11-23-15)19-6-5-12-1-3-14-16(7-12)24-10-22-14;18-16(11-2-4-13-15(6-11)22-9-20-13)17-7-10-1-3-12-14(5-10)21-8-19-12;17-15(9-1-3-11-13(5-9)20-7-18-11)16-10-2-4-12-14(6-10)21-8-19-12/h2*1-10H,11-12H2,(H,22,23);1-9H,10-11H2;1-4,7-8H,5-6,9-11H2,(H,19,20);1-6H,7-9H2,(H,17,18);1-6H,7-8H2,(H,16,17). The summed E-state index contributed by atoms with van der Waals surface area (Å²) < 4.78 is 156. The number of nitrogens with zero attached hydrogens (tertiary/aromatic N) is 1. The van der Waals surface area contributed by atoms with Crippen molar-refractivity contribution in [1.82, 2.24) is 15.6 Å². The molecule has 13 heterocycles. The molecule has 0 spiro atoms. The Morgan fingerprint density at radius 1 is 0.233 bits per heavy atom. The van der Waals surface area contributed by atoms with Crippen LogP contribution in [0.2, 0.25) is 0 Å². The monoisotopic (exact) mass is 2030 g/mol. The number of hydrogen-bond donors (Lipinski definition) is 5. The quantitative estimate of drug-likeness (QED) is 0.0397. The van der Waals surface area contributed by atoms with Crippen molar-refractivity contribution in [3.8, 4) is 190 Å². The van der Waals surface area contributed by atoms with E-state index < -0.39 is 0 Å². The number of fused-ring (bicyclic) bond motifs is 12. The molecule has 40 nitrogen and oxygen atoms in total. The fourth-order valence-corrected chi connectivity index (χ4v) is 15.7. The Morgan fingerprint density at radius 3 is 0.960 bits per heavy atom. The van der Waals surface area contributed by atoms with Crippen molar-refractivity contribution in [3.63, 3.8) is 0 Å². The summed E-state index contributed by atoms with van der Waals surface area (Å²) >= 11 is 0.